The van der Waals surface area contributed by atoms with E-state index in [2.05, 4.69) is 35.1 Å². The van der Waals surface area contributed by atoms with Gasteiger partial charge in [-0.3, -0.25) is 4.79 Å². The summed E-state index contributed by atoms with van der Waals surface area (Å²) in [6.45, 7) is 7.08. The summed E-state index contributed by atoms with van der Waals surface area (Å²) in [5.41, 5.74) is 1.13. The molecule has 1 aromatic rings. The van der Waals surface area contributed by atoms with Crippen molar-refractivity contribution < 1.29 is 14.6 Å². The first-order valence-corrected chi connectivity index (χ1v) is 8.96. The lowest BCUT2D eigenvalue weighted by Crippen LogP contribution is -2.38. The van der Waals surface area contributed by atoms with Gasteiger partial charge in [0.25, 0.3) is 0 Å². The van der Waals surface area contributed by atoms with E-state index in [0.29, 0.717) is 25.5 Å². The smallest absolute Gasteiger partial charge is 0.248 e. The number of benzene rings is 1. The lowest BCUT2D eigenvalue weighted by atomic mass is 10.00. The maximum atomic E-state index is 12.0. The molecule has 0 radical (unpaired) electrons. The molecule has 0 aliphatic rings. The molecule has 0 fully saturated rings. The Kier molecular flexibility index (Phi) is 9.44. The minimum absolute atomic E-state index is 0.0134. The van der Waals surface area contributed by atoms with Gasteiger partial charge >= 0.3 is 0 Å². The summed E-state index contributed by atoms with van der Waals surface area (Å²) in [6, 6.07) is 7.93. The largest absolute Gasteiger partial charge is 0.396 e. The minimum Gasteiger partial charge on any atom is -0.396 e. The van der Waals surface area contributed by atoms with Gasteiger partial charge in [0, 0.05) is 30.1 Å². The molecule has 0 heterocycles. The maximum absolute atomic E-state index is 12.0. The van der Waals surface area contributed by atoms with E-state index < -0.39 is 6.10 Å². The molecule has 130 valence electrons. The van der Waals surface area contributed by atoms with Crippen molar-refractivity contribution in [2.75, 3.05) is 19.8 Å². The van der Waals surface area contributed by atoms with Gasteiger partial charge in [-0.2, -0.15) is 0 Å². The van der Waals surface area contributed by atoms with Crippen LogP contribution in [-0.4, -0.2) is 36.9 Å². The Labute approximate surface area is 147 Å². The molecule has 1 rings (SSSR count). The van der Waals surface area contributed by atoms with Gasteiger partial charge in [0.05, 0.1) is 0 Å². The summed E-state index contributed by atoms with van der Waals surface area (Å²) in [5.74, 6) is 0.424. The lowest BCUT2D eigenvalue weighted by molar-refractivity contribution is -0.132. The predicted molar refractivity (Wildman–Crippen MR) is 96.3 cm³/mol. The zero-order valence-electron chi connectivity index (χ0n) is 14.2. The standard InChI is InChI=1S/C18H28BrNO3/c1-13(2)8-9-23-14(3)18(22)20-11-15(12-21)10-16-6-4-5-7-17(16)19/h4-7,13-15,21H,8-12H2,1-3H3,(H,20,22)/t14-,15+/m1/s1. The number of nitrogens with one attached hydrogen (secondary N) is 1. The highest BCUT2D eigenvalue weighted by molar-refractivity contribution is 9.10. The second kappa shape index (κ2) is 10.8. The molecule has 2 atom stereocenters. The van der Waals surface area contributed by atoms with Crippen LogP contribution >= 0.6 is 15.9 Å². The van der Waals surface area contributed by atoms with Crippen LogP contribution in [0.5, 0.6) is 0 Å². The van der Waals surface area contributed by atoms with E-state index in [9.17, 15) is 9.90 Å². The highest BCUT2D eigenvalue weighted by Gasteiger charge is 2.16. The van der Waals surface area contributed by atoms with E-state index >= 15 is 0 Å². The Balaban J connectivity index is 2.38. The average Bonchev–Trinajstić information content (AvgIpc) is 2.52. The van der Waals surface area contributed by atoms with Gasteiger partial charge in [0.1, 0.15) is 6.10 Å². The molecular weight excluding hydrogens is 358 g/mol. The summed E-state index contributed by atoms with van der Waals surface area (Å²) in [6.07, 6.45) is 1.19. The number of amides is 1. The second-order valence-electron chi connectivity index (χ2n) is 6.28. The third kappa shape index (κ3) is 7.95. The van der Waals surface area contributed by atoms with Gasteiger partial charge in [-0.15, -0.1) is 0 Å². The first-order valence-electron chi connectivity index (χ1n) is 8.17. The van der Waals surface area contributed by atoms with E-state index in [4.69, 9.17) is 4.74 Å². The Morgan fingerprint density at radius 2 is 2.00 bits per heavy atom. The first-order chi connectivity index (χ1) is 10.9. The lowest BCUT2D eigenvalue weighted by Gasteiger charge is -2.18. The normalized spacial score (nSPS) is 13.8. The molecule has 0 aliphatic carbocycles. The van der Waals surface area contributed by atoms with Crippen molar-refractivity contribution in [2.45, 2.75) is 39.7 Å². The minimum atomic E-state index is -0.462. The van der Waals surface area contributed by atoms with Crippen molar-refractivity contribution >= 4 is 21.8 Å². The number of hydrogen-bond donors (Lipinski definition) is 2. The molecule has 2 N–H and O–H groups in total. The van der Waals surface area contributed by atoms with Crippen LogP contribution in [0.1, 0.15) is 32.8 Å². The third-order valence-electron chi connectivity index (χ3n) is 3.72. The summed E-state index contributed by atoms with van der Waals surface area (Å²) in [5, 5.41) is 12.4. The van der Waals surface area contributed by atoms with Crippen LogP contribution in [-0.2, 0) is 16.0 Å². The third-order valence-corrected chi connectivity index (χ3v) is 4.50. The predicted octanol–water partition coefficient (Wildman–Crippen LogP) is 3.17. The van der Waals surface area contributed by atoms with E-state index in [1.807, 2.05) is 24.3 Å². The Morgan fingerprint density at radius 1 is 1.30 bits per heavy atom. The van der Waals surface area contributed by atoms with E-state index in [-0.39, 0.29) is 18.4 Å². The number of aliphatic hydroxyl groups excluding tert-OH is 1. The summed E-state index contributed by atoms with van der Waals surface area (Å²) in [4.78, 5) is 12.0. The summed E-state index contributed by atoms with van der Waals surface area (Å²) in [7, 11) is 0. The number of rotatable bonds is 10. The van der Waals surface area contributed by atoms with Crippen molar-refractivity contribution in [2.24, 2.45) is 11.8 Å². The molecule has 0 aliphatic heterocycles. The Bertz CT molecular complexity index is 479. The molecule has 1 amide bonds. The molecular formula is C18H28BrNO3. The van der Waals surface area contributed by atoms with Gasteiger partial charge in [-0.1, -0.05) is 48.0 Å². The number of halogens is 1. The SMILES string of the molecule is CC(C)CCO[C@H](C)C(=O)NC[C@@H](CO)Cc1ccccc1Br. The summed E-state index contributed by atoms with van der Waals surface area (Å²) < 4.78 is 6.56. The van der Waals surface area contributed by atoms with E-state index in [1.165, 1.54) is 0 Å². The highest BCUT2D eigenvalue weighted by atomic mass is 79.9. The molecule has 0 aromatic heterocycles. The van der Waals surface area contributed by atoms with Gasteiger partial charge in [-0.25, -0.2) is 0 Å². The number of carbonyl (C=O) groups excluding carboxylic acids is 1. The fraction of sp³-hybridized carbons (Fsp3) is 0.611. The Hall–Kier alpha value is -0.910. The van der Waals surface area contributed by atoms with E-state index in [1.54, 1.807) is 6.92 Å². The molecule has 0 spiro atoms. The van der Waals surface area contributed by atoms with Crippen molar-refractivity contribution in [3.05, 3.63) is 34.3 Å². The van der Waals surface area contributed by atoms with Crippen LogP contribution in [0.25, 0.3) is 0 Å². The zero-order chi connectivity index (χ0) is 17.2. The zero-order valence-corrected chi connectivity index (χ0v) is 15.8. The molecule has 0 saturated carbocycles. The number of hydrogen-bond acceptors (Lipinski definition) is 3. The van der Waals surface area contributed by atoms with Crippen LogP contribution in [0.15, 0.2) is 28.7 Å². The molecule has 23 heavy (non-hydrogen) atoms. The van der Waals surface area contributed by atoms with Crippen LogP contribution in [0, 0.1) is 11.8 Å². The van der Waals surface area contributed by atoms with Crippen molar-refractivity contribution in [1.82, 2.24) is 5.32 Å². The highest BCUT2D eigenvalue weighted by Crippen LogP contribution is 2.19. The quantitative estimate of drug-likeness (QED) is 0.650. The number of aliphatic hydroxyl groups is 1. The number of carbonyl (C=O) groups is 1. The molecule has 0 saturated heterocycles. The average molecular weight is 386 g/mol. The van der Waals surface area contributed by atoms with Gasteiger partial charge in [0.15, 0.2) is 0 Å². The van der Waals surface area contributed by atoms with Gasteiger partial charge in [-0.05, 0) is 37.3 Å². The first kappa shape index (κ1) is 20.1. The van der Waals surface area contributed by atoms with Crippen LogP contribution in [0.2, 0.25) is 0 Å². The maximum Gasteiger partial charge on any atom is 0.248 e. The van der Waals surface area contributed by atoms with Crippen molar-refractivity contribution in [3.8, 4) is 0 Å². The van der Waals surface area contributed by atoms with Crippen molar-refractivity contribution in [3.63, 3.8) is 0 Å². The van der Waals surface area contributed by atoms with E-state index in [0.717, 1.165) is 16.5 Å². The molecule has 0 bridgehead atoms. The number of ether oxygens (including phenoxy) is 1. The van der Waals surface area contributed by atoms with Gasteiger partial charge in [0.2, 0.25) is 5.91 Å². The van der Waals surface area contributed by atoms with Crippen LogP contribution in [0.4, 0.5) is 0 Å². The topological polar surface area (TPSA) is 58.6 Å². The molecule has 4 nitrogen and oxygen atoms in total. The molecule has 1 aromatic carbocycles. The fourth-order valence-corrected chi connectivity index (χ4v) is 2.57. The Morgan fingerprint density at radius 3 is 2.61 bits per heavy atom. The monoisotopic (exact) mass is 385 g/mol. The summed E-state index contributed by atoms with van der Waals surface area (Å²) >= 11 is 3.51. The van der Waals surface area contributed by atoms with Crippen molar-refractivity contribution in [1.29, 1.82) is 0 Å². The van der Waals surface area contributed by atoms with Crippen LogP contribution in [0.3, 0.4) is 0 Å². The fourth-order valence-electron chi connectivity index (χ4n) is 2.12. The van der Waals surface area contributed by atoms with Crippen LogP contribution < -0.4 is 5.32 Å². The molecule has 0 unspecified atom stereocenters. The van der Waals surface area contributed by atoms with Gasteiger partial charge < -0.3 is 15.2 Å². The second-order valence-corrected chi connectivity index (χ2v) is 7.14. The molecule has 5 heteroatoms.